The molecule has 2 aliphatic heterocycles. The first-order chi connectivity index (χ1) is 16.0. The van der Waals surface area contributed by atoms with Gasteiger partial charge in [0, 0.05) is 51.2 Å². The van der Waals surface area contributed by atoms with E-state index < -0.39 is 0 Å². The summed E-state index contributed by atoms with van der Waals surface area (Å²) in [4.78, 5) is 47.4. The topological polar surface area (TPSA) is 93.3 Å². The molecule has 9 nitrogen and oxygen atoms in total. The number of hydrogen-bond acceptors (Lipinski definition) is 5. The largest absolute Gasteiger partial charge is 0.335 e. The highest BCUT2D eigenvalue weighted by atomic mass is 16.2. The lowest BCUT2D eigenvalue weighted by Gasteiger charge is -2.35. The minimum Gasteiger partial charge on any atom is -0.335 e. The van der Waals surface area contributed by atoms with Gasteiger partial charge in [-0.15, -0.1) is 0 Å². The van der Waals surface area contributed by atoms with Gasteiger partial charge in [-0.3, -0.25) is 19.1 Å². The first kappa shape index (κ1) is 21.4. The van der Waals surface area contributed by atoms with Crippen molar-refractivity contribution in [2.24, 2.45) is 0 Å². The standard InChI is InChI=1S/C24H28N6O3/c1-3-27-15-19(21(31)17-8-7-16(2)26-22(17)27)24(33)29-12-10-28(11-13-29)23(32)18-14-25-30-9-5-4-6-20(18)30/h7-8,14-15H,3-6,9-13H2,1-2H3. The van der Waals surface area contributed by atoms with Gasteiger partial charge in [-0.2, -0.15) is 5.10 Å². The number of nitrogens with zero attached hydrogens (tertiary/aromatic N) is 6. The van der Waals surface area contributed by atoms with Crippen LogP contribution in [0.4, 0.5) is 0 Å². The van der Waals surface area contributed by atoms with E-state index in [1.54, 1.807) is 34.3 Å². The molecule has 0 atom stereocenters. The SMILES string of the molecule is CCn1cc(C(=O)N2CCN(C(=O)c3cnn4c3CCCC4)CC2)c(=O)c2ccc(C)nc21. The minimum atomic E-state index is -0.294. The number of aromatic nitrogens is 4. The number of amides is 2. The van der Waals surface area contributed by atoms with Crippen molar-refractivity contribution in [1.82, 2.24) is 29.1 Å². The molecule has 5 rings (SSSR count). The monoisotopic (exact) mass is 448 g/mol. The molecule has 33 heavy (non-hydrogen) atoms. The molecule has 1 saturated heterocycles. The Morgan fingerprint density at radius 3 is 2.36 bits per heavy atom. The van der Waals surface area contributed by atoms with Crippen molar-refractivity contribution in [3.63, 3.8) is 0 Å². The first-order valence-corrected chi connectivity index (χ1v) is 11.6. The third kappa shape index (κ3) is 3.71. The van der Waals surface area contributed by atoms with E-state index in [1.165, 1.54) is 0 Å². The van der Waals surface area contributed by atoms with Crippen LogP contribution in [-0.4, -0.2) is 67.1 Å². The molecule has 0 radical (unpaired) electrons. The van der Waals surface area contributed by atoms with Gasteiger partial charge in [0.2, 0.25) is 5.43 Å². The summed E-state index contributed by atoms with van der Waals surface area (Å²) in [5.74, 6) is -0.314. The number of fused-ring (bicyclic) bond motifs is 2. The molecule has 1 fully saturated rings. The zero-order chi connectivity index (χ0) is 23.1. The molecule has 0 spiro atoms. The van der Waals surface area contributed by atoms with E-state index in [1.807, 2.05) is 23.1 Å². The first-order valence-electron chi connectivity index (χ1n) is 11.6. The molecule has 0 saturated carbocycles. The second kappa shape index (κ2) is 8.46. The fourth-order valence-electron chi connectivity index (χ4n) is 4.81. The van der Waals surface area contributed by atoms with Crippen LogP contribution in [-0.2, 0) is 19.5 Å². The van der Waals surface area contributed by atoms with E-state index in [0.717, 1.165) is 37.2 Å². The molecule has 0 N–H and O–H groups in total. The molecule has 172 valence electrons. The Bertz CT molecular complexity index is 1300. The number of piperazine rings is 1. The van der Waals surface area contributed by atoms with Gasteiger partial charge >= 0.3 is 0 Å². The second-order valence-corrected chi connectivity index (χ2v) is 8.75. The van der Waals surface area contributed by atoms with Gasteiger partial charge in [-0.1, -0.05) is 0 Å². The van der Waals surface area contributed by atoms with Crippen molar-refractivity contribution >= 4 is 22.8 Å². The molecule has 3 aromatic heterocycles. The second-order valence-electron chi connectivity index (χ2n) is 8.75. The van der Waals surface area contributed by atoms with Crippen LogP contribution in [0, 0.1) is 6.92 Å². The Morgan fingerprint density at radius 1 is 0.970 bits per heavy atom. The Morgan fingerprint density at radius 2 is 1.67 bits per heavy atom. The Kier molecular flexibility index (Phi) is 5.47. The van der Waals surface area contributed by atoms with Gasteiger partial charge in [0.15, 0.2) is 0 Å². The van der Waals surface area contributed by atoms with Crippen molar-refractivity contribution in [3.05, 3.63) is 57.3 Å². The zero-order valence-corrected chi connectivity index (χ0v) is 19.1. The fraction of sp³-hybridized carbons (Fsp3) is 0.458. The summed E-state index contributed by atoms with van der Waals surface area (Å²) in [6, 6.07) is 3.53. The van der Waals surface area contributed by atoms with Gasteiger partial charge in [0.25, 0.3) is 11.8 Å². The van der Waals surface area contributed by atoms with Crippen LogP contribution in [0.2, 0.25) is 0 Å². The number of carbonyl (C=O) groups excluding carboxylic acids is 2. The van der Waals surface area contributed by atoms with Crippen LogP contribution in [0.25, 0.3) is 11.0 Å². The lowest BCUT2D eigenvalue weighted by molar-refractivity contribution is 0.0533. The Balaban J connectivity index is 1.34. The van der Waals surface area contributed by atoms with E-state index in [4.69, 9.17) is 0 Å². The van der Waals surface area contributed by atoms with E-state index in [2.05, 4.69) is 10.1 Å². The lowest BCUT2D eigenvalue weighted by Crippen LogP contribution is -2.51. The van der Waals surface area contributed by atoms with Crippen LogP contribution < -0.4 is 5.43 Å². The smallest absolute Gasteiger partial charge is 0.259 e. The van der Waals surface area contributed by atoms with Crippen LogP contribution in [0.15, 0.2) is 29.3 Å². The average Bonchev–Trinajstić information content (AvgIpc) is 3.28. The van der Waals surface area contributed by atoms with Crippen molar-refractivity contribution in [3.8, 4) is 0 Å². The molecule has 0 bridgehead atoms. The summed E-state index contributed by atoms with van der Waals surface area (Å²) in [7, 11) is 0. The van der Waals surface area contributed by atoms with E-state index in [-0.39, 0.29) is 22.8 Å². The van der Waals surface area contributed by atoms with Gasteiger partial charge < -0.3 is 14.4 Å². The third-order valence-corrected chi connectivity index (χ3v) is 6.70. The lowest BCUT2D eigenvalue weighted by atomic mass is 10.1. The molecule has 2 amide bonds. The highest BCUT2D eigenvalue weighted by Crippen LogP contribution is 2.20. The minimum absolute atomic E-state index is 0.0225. The predicted octanol–water partition coefficient (Wildman–Crippen LogP) is 1.86. The Hall–Kier alpha value is -3.49. The predicted molar refractivity (Wildman–Crippen MR) is 123 cm³/mol. The van der Waals surface area contributed by atoms with Gasteiger partial charge in [-0.25, -0.2) is 4.98 Å². The molecular formula is C24H28N6O3. The van der Waals surface area contributed by atoms with Crippen molar-refractivity contribution in [1.29, 1.82) is 0 Å². The molecule has 5 heterocycles. The van der Waals surface area contributed by atoms with E-state index in [0.29, 0.717) is 49.3 Å². The maximum Gasteiger partial charge on any atom is 0.259 e. The van der Waals surface area contributed by atoms with Crippen LogP contribution in [0.1, 0.15) is 51.9 Å². The van der Waals surface area contributed by atoms with Crippen molar-refractivity contribution in [2.45, 2.75) is 46.2 Å². The quantitative estimate of drug-likeness (QED) is 0.610. The normalized spacial score (nSPS) is 16.2. The highest BCUT2D eigenvalue weighted by molar-refractivity contribution is 5.98. The zero-order valence-electron chi connectivity index (χ0n) is 19.1. The maximum absolute atomic E-state index is 13.3. The Labute approximate surface area is 191 Å². The molecule has 0 unspecified atom stereocenters. The van der Waals surface area contributed by atoms with Crippen LogP contribution in [0.3, 0.4) is 0 Å². The third-order valence-electron chi connectivity index (χ3n) is 6.70. The van der Waals surface area contributed by atoms with Crippen molar-refractivity contribution < 1.29 is 9.59 Å². The summed E-state index contributed by atoms with van der Waals surface area (Å²) in [6.45, 7) is 6.96. The van der Waals surface area contributed by atoms with E-state index in [9.17, 15) is 14.4 Å². The summed E-state index contributed by atoms with van der Waals surface area (Å²) in [5.41, 5.74) is 2.97. The average molecular weight is 449 g/mol. The summed E-state index contributed by atoms with van der Waals surface area (Å²) in [6.07, 6.45) is 6.34. The van der Waals surface area contributed by atoms with Gasteiger partial charge in [0.1, 0.15) is 11.2 Å². The van der Waals surface area contributed by atoms with Crippen LogP contribution >= 0.6 is 0 Å². The van der Waals surface area contributed by atoms with Crippen molar-refractivity contribution in [2.75, 3.05) is 26.2 Å². The van der Waals surface area contributed by atoms with Crippen LogP contribution in [0.5, 0.6) is 0 Å². The van der Waals surface area contributed by atoms with E-state index >= 15 is 0 Å². The number of pyridine rings is 2. The summed E-state index contributed by atoms with van der Waals surface area (Å²) < 4.78 is 3.78. The summed E-state index contributed by atoms with van der Waals surface area (Å²) in [5, 5.41) is 4.83. The number of aryl methyl sites for hydroxylation is 3. The number of carbonyl (C=O) groups is 2. The molecular weight excluding hydrogens is 420 g/mol. The number of rotatable bonds is 3. The van der Waals surface area contributed by atoms with Gasteiger partial charge in [0.05, 0.1) is 22.8 Å². The summed E-state index contributed by atoms with van der Waals surface area (Å²) >= 11 is 0. The molecule has 0 aromatic carbocycles. The fourth-order valence-corrected chi connectivity index (χ4v) is 4.81. The van der Waals surface area contributed by atoms with Gasteiger partial charge in [-0.05, 0) is 45.2 Å². The molecule has 9 heteroatoms. The number of hydrogen-bond donors (Lipinski definition) is 0. The maximum atomic E-state index is 13.3. The molecule has 0 aliphatic carbocycles. The highest BCUT2D eigenvalue weighted by Gasteiger charge is 2.30. The molecule has 2 aliphatic rings. The molecule has 3 aromatic rings.